The van der Waals surface area contributed by atoms with E-state index in [1.54, 1.807) is 11.8 Å². The summed E-state index contributed by atoms with van der Waals surface area (Å²) >= 11 is 1.78. The Labute approximate surface area is 114 Å². The third kappa shape index (κ3) is 2.17. The van der Waals surface area contributed by atoms with Crippen molar-refractivity contribution in [2.45, 2.75) is 54.6 Å². The van der Waals surface area contributed by atoms with Crippen molar-refractivity contribution in [3.63, 3.8) is 0 Å². The molecule has 0 radical (unpaired) electrons. The molecule has 0 bridgehead atoms. The standard InChI is InChI=1S/C16H19NS/c17-13-16(18-14-7-3-1-4-8-14)11-15(12-16)9-5-2-6-10-15/h1,3-4,7-8H,2,5-6,9-12H2. The van der Waals surface area contributed by atoms with Crippen LogP contribution in [0.2, 0.25) is 0 Å². The minimum absolute atomic E-state index is 0.140. The number of benzene rings is 1. The van der Waals surface area contributed by atoms with Gasteiger partial charge in [-0.05, 0) is 43.2 Å². The van der Waals surface area contributed by atoms with Crippen molar-refractivity contribution in [2.24, 2.45) is 5.41 Å². The maximum atomic E-state index is 9.54. The van der Waals surface area contributed by atoms with Gasteiger partial charge in [-0.15, -0.1) is 11.8 Å². The fourth-order valence-electron chi connectivity index (χ4n) is 3.70. The molecule has 0 N–H and O–H groups in total. The van der Waals surface area contributed by atoms with Gasteiger partial charge in [-0.2, -0.15) is 5.26 Å². The summed E-state index contributed by atoms with van der Waals surface area (Å²) in [7, 11) is 0. The van der Waals surface area contributed by atoms with E-state index in [9.17, 15) is 5.26 Å². The number of nitrogens with zero attached hydrogens (tertiary/aromatic N) is 1. The summed E-state index contributed by atoms with van der Waals surface area (Å²) in [5.41, 5.74) is 0.524. The zero-order valence-electron chi connectivity index (χ0n) is 10.7. The molecule has 18 heavy (non-hydrogen) atoms. The van der Waals surface area contributed by atoms with Crippen LogP contribution in [-0.4, -0.2) is 4.75 Å². The van der Waals surface area contributed by atoms with E-state index in [4.69, 9.17) is 0 Å². The van der Waals surface area contributed by atoms with Crippen LogP contribution >= 0.6 is 11.8 Å². The zero-order chi connectivity index (χ0) is 12.5. The summed E-state index contributed by atoms with van der Waals surface area (Å²) in [4.78, 5) is 1.24. The first kappa shape index (κ1) is 12.1. The minimum atomic E-state index is -0.140. The predicted octanol–water partition coefficient (Wildman–Crippen LogP) is 4.79. The molecule has 3 rings (SSSR count). The van der Waals surface area contributed by atoms with E-state index in [1.807, 2.05) is 6.07 Å². The Balaban J connectivity index is 1.70. The van der Waals surface area contributed by atoms with Crippen molar-refractivity contribution in [1.82, 2.24) is 0 Å². The van der Waals surface area contributed by atoms with E-state index in [-0.39, 0.29) is 4.75 Å². The molecule has 0 aliphatic heterocycles. The lowest BCUT2D eigenvalue weighted by Gasteiger charge is -2.54. The van der Waals surface area contributed by atoms with Gasteiger partial charge in [-0.3, -0.25) is 0 Å². The monoisotopic (exact) mass is 257 g/mol. The normalized spacial score (nSPS) is 24.2. The predicted molar refractivity (Wildman–Crippen MR) is 75.4 cm³/mol. The Morgan fingerprint density at radius 1 is 1.00 bits per heavy atom. The molecule has 0 heterocycles. The second kappa shape index (κ2) is 4.63. The van der Waals surface area contributed by atoms with Gasteiger partial charge >= 0.3 is 0 Å². The molecule has 0 atom stereocenters. The summed E-state index contributed by atoms with van der Waals surface area (Å²) in [6, 6.07) is 13.0. The van der Waals surface area contributed by atoms with Crippen LogP contribution in [-0.2, 0) is 0 Å². The third-order valence-electron chi connectivity index (χ3n) is 4.50. The van der Waals surface area contributed by atoms with Crippen LogP contribution in [0.5, 0.6) is 0 Å². The maximum Gasteiger partial charge on any atom is 0.108 e. The summed E-state index contributed by atoms with van der Waals surface area (Å²) in [5.74, 6) is 0. The molecule has 1 aromatic rings. The number of hydrogen-bond acceptors (Lipinski definition) is 2. The molecule has 0 unspecified atom stereocenters. The van der Waals surface area contributed by atoms with E-state index in [2.05, 4.69) is 30.3 Å². The number of rotatable bonds is 2. The van der Waals surface area contributed by atoms with Crippen molar-refractivity contribution in [1.29, 1.82) is 5.26 Å². The molecule has 0 amide bonds. The highest BCUT2D eigenvalue weighted by Crippen LogP contribution is 2.62. The summed E-state index contributed by atoms with van der Waals surface area (Å²) in [6.07, 6.45) is 9.06. The highest BCUT2D eigenvalue weighted by Gasteiger charge is 2.55. The third-order valence-corrected chi connectivity index (χ3v) is 5.77. The van der Waals surface area contributed by atoms with Crippen LogP contribution in [0.4, 0.5) is 0 Å². The molecule has 2 fully saturated rings. The second-order valence-electron chi connectivity index (χ2n) is 5.94. The van der Waals surface area contributed by atoms with Crippen molar-refractivity contribution >= 4 is 11.8 Å². The molecule has 2 heteroatoms. The SMILES string of the molecule is N#CC1(Sc2ccccc2)CC2(CCCCC2)C1. The van der Waals surface area contributed by atoms with Gasteiger partial charge < -0.3 is 0 Å². The van der Waals surface area contributed by atoms with E-state index >= 15 is 0 Å². The van der Waals surface area contributed by atoms with Gasteiger partial charge in [0.25, 0.3) is 0 Å². The molecule has 94 valence electrons. The zero-order valence-corrected chi connectivity index (χ0v) is 11.5. The molecular weight excluding hydrogens is 238 g/mol. The van der Waals surface area contributed by atoms with Crippen LogP contribution in [0, 0.1) is 16.7 Å². The first-order valence-electron chi connectivity index (χ1n) is 6.91. The van der Waals surface area contributed by atoms with Crippen molar-refractivity contribution in [3.05, 3.63) is 30.3 Å². The van der Waals surface area contributed by atoms with Crippen LogP contribution in [0.3, 0.4) is 0 Å². The average molecular weight is 257 g/mol. The molecule has 2 aliphatic carbocycles. The Kier molecular flexibility index (Phi) is 3.11. The molecule has 0 saturated heterocycles. The second-order valence-corrected chi connectivity index (χ2v) is 7.39. The van der Waals surface area contributed by atoms with E-state index in [0.29, 0.717) is 5.41 Å². The van der Waals surface area contributed by atoms with Gasteiger partial charge in [0.2, 0.25) is 0 Å². The summed E-state index contributed by atoms with van der Waals surface area (Å²) < 4.78 is -0.140. The lowest BCUT2D eigenvalue weighted by molar-refractivity contribution is 0.0593. The van der Waals surface area contributed by atoms with Crippen LogP contribution in [0.1, 0.15) is 44.9 Å². The molecule has 1 nitrogen and oxygen atoms in total. The van der Waals surface area contributed by atoms with Gasteiger partial charge in [0.15, 0.2) is 0 Å². The quantitative estimate of drug-likeness (QED) is 0.761. The summed E-state index contributed by atoms with van der Waals surface area (Å²) in [5, 5.41) is 9.54. The Morgan fingerprint density at radius 3 is 2.28 bits per heavy atom. The first-order valence-corrected chi connectivity index (χ1v) is 7.73. The molecule has 2 saturated carbocycles. The van der Waals surface area contributed by atoms with Crippen LogP contribution in [0.15, 0.2) is 35.2 Å². The molecule has 0 aromatic heterocycles. The van der Waals surface area contributed by atoms with Crippen LogP contribution in [0.25, 0.3) is 0 Å². The fraction of sp³-hybridized carbons (Fsp3) is 0.562. The maximum absolute atomic E-state index is 9.54. The largest absolute Gasteiger partial charge is 0.197 e. The Bertz CT molecular complexity index is 446. The summed E-state index contributed by atoms with van der Waals surface area (Å²) in [6.45, 7) is 0. The van der Waals surface area contributed by atoms with Gasteiger partial charge in [-0.25, -0.2) is 0 Å². The first-order chi connectivity index (χ1) is 8.76. The molecule has 1 spiro atoms. The molecule has 1 aromatic carbocycles. The molecule has 2 aliphatic rings. The van der Waals surface area contributed by atoms with Crippen molar-refractivity contribution in [3.8, 4) is 6.07 Å². The molecular formula is C16H19NS. The lowest BCUT2D eigenvalue weighted by Crippen LogP contribution is -2.49. The van der Waals surface area contributed by atoms with E-state index in [0.717, 1.165) is 12.8 Å². The highest BCUT2D eigenvalue weighted by atomic mass is 32.2. The van der Waals surface area contributed by atoms with Gasteiger partial charge in [0.05, 0.1) is 6.07 Å². The Morgan fingerprint density at radius 2 is 1.67 bits per heavy atom. The average Bonchev–Trinajstić information content (AvgIpc) is 2.39. The Hall–Kier alpha value is -0.940. The number of nitriles is 1. The lowest BCUT2D eigenvalue weighted by atomic mass is 9.56. The smallest absolute Gasteiger partial charge is 0.108 e. The minimum Gasteiger partial charge on any atom is -0.197 e. The van der Waals surface area contributed by atoms with Crippen LogP contribution < -0.4 is 0 Å². The number of thioether (sulfide) groups is 1. The van der Waals surface area contributed by atoms with Crippen molar-refractivity contribution < 1.29 is 0 Å². The fourth-order valence-corrected chi connectivity index (χ4v) is 5.25. The van der Waals surface area contributed by atoms with Gasteiger partial charge in [0.1, 0.15) is 4.75 Å². The number of hydrogen-bond donors (Lipinski definition) is 0. The highest BCUT2D eigenvalue weighted by molar-refractivity contribution is 8.01. The van der Waals surface area contributed by atoms with Gasteiger partial charge in [0, 0.05) is 4.90 Å². The van der Waals surface area contributed by atoms with E-state index < -0.39 is 0 Å². The topological polar surface area (TPSA) is 23.8 Å². The van der Waals surface area contributed by atoms with E-state index in [1.165, 1.54) is 37.0 Å². The van der Waals surface area contributed by atoms with Crippen molar-refractivity contribution in [2.75, 3.05) is 0 Å². The van der Waals surface area contributed by atoms with Gasteiger partial charge in [-0.1, -0.05) is 37.5 Å².